The van der Waals surface area contributed by atoms with Gasteiger partial charge in [-0.25, -0.2) is 0 Å². The lowest BCUT2D eigenvalue weighted by atomic mass is 9.83. The maximum Gasteiger partial charge on any atom is 0.252 e. The molecule has 2 atom stereocenters. The van der Waals surface area contributed by atoms with Crippen LogP contribution in [0.5, 0.6) is 0 Å². The lowest BCUT2D eigenvalue weighted by molar-refractivity contribution is -0.126. The molecule has 0 aromatic heterocycles. The van der Waals surface area contributed by atoms with Crippen molar-refractivity contribution >= 4 is 11.9 Å². The van der Waals surface area contributed by atoms with Crippen molar-refractivity contribution in [3.8, 4) is 0 Å². The number of fused-ring (bicyclic) bond motifs is 1. The number of nitrogens with one attached hydrogen (secondary N) is 2. The van der Waals surface area contributed by atoms with Crippen LogP contribution < -0.4 is 10.6 Å². The molecule has 3 aliphatic rings. The lowest BCUT2D eigenvalue weighted by Crippen LogP contribution is -2.57. The molecule has 0 saturated carbocycles. The van der Waals surface area contributed by atoms with E-state index in [0.717, 1.165) is 25.9 Å². The summed E-state index contributed by atoms with van der Waals surface area (Å²) in [4.78, 5) is 19.3. The first-order valence-electron chi connectivity index (χ1n) is 7.47. The Hall–Kier alpha value is -1.10. The summed E-state index contributed by atoms with van der Waals surface area (Å²) < 4.78 is 0. The Labute approximate surface area is 114 Å². The van der Waals surface area contributed by atoms with Crippen LogP contribution >= 0.6 is 0 Å². The van der Waals surface area contributed by atoms with Crippen molar-refractivity contribution < 1.29 is 4.79 Å². The Morgan fingerprint density at radius 1 is 1.47 bits per heavy atom. The van der Waals surface area contributed by atoms with E-state index in [2.05, 4.69) is 34.4 Å². The van der Waals surface area contributed by atoms with Crippen LogP contribution in [0, 0.1) is 5.92 Å². The SMILES string of the molecule is CC(C)CN=C1NC(=O)C2(CCN3CCCC3C2)N1. The Morgan fingerprint density at radius 2 is 2.32 bits per heavy atom. The monoisotopic (exact) mass is 264 g/mol. The molecule has 3 aliphatic heterocycles. The highest BCUT2D eigenvalue weighted by Gasteiger charge is 2.50. The van der Waals surface area contributed by atoms with Crippen LogP contribution in [0.4, 0.5) is 0 Å². The smallest absolute Gasteiger partial charge is 0.252 e. The van der Waals surface area contributed by atoms with Gasteiger partial charge in [-0.3, -0.25) is 15.1 Å². The van der Waals surface area contributed by atoms with E-state index >= 15 is 0 Å². The van der Waals surface area contributed by atoms with Gasteiger partial charge in [-0.2, -0.15) is 0 Å². The molecule has 19 heavy (non-hydrogen) atoms. The van der Waals surface area contributed by atoms with Crippen LogP contribution in [0.1, 0.15) is 39.5 Å². The predicted octanol–water partition coefficient (Wildman–Crippen LogP) is 0.715. The van der Waals surface area contributed by atoms with Gasteiger partial charge in [0.15, 0.2) is 5.96 Å². The zero-order chi connectivity index (χ0) is 13.5. The van der Waals surface area contributed by atoms with Crippen LogP contribution in [0.15, 0.2) is 4.99 Å². The number of amides is 1. The number of piperidine rings is 1. The van der Waals surface area contributed by atoms with Crippen molar-refractivity contribution in [3.05, 3.63) is 0 Å². The molecule has 0 aromatic carbocycles. The number of rotatable bonds is 2. The summed E-state index contributed by atoms with van der Waals surface area (Å²) in [6, 6.07) is 0.580. The zero-order valence-electron chi connectivity index (χ0n) is 11.9. The Morgan fingerprint density at radius 3 is 3.11 bits per heavy atom. The van der Waals surface area contributed by atoms with Crippen molar-refractivity contribution in [1.29, 1.82) is 0 Å². The van der Waals surface area contributed by atoms with Crippen molar-refractivity contribution in [1.82, 2.24) is 15.5 Å². The van der Waals surface area contributed by atoms with Gasteiger partial charge in [0, 0.05) is 19.1 Å². The first-order valence-corrected chi connectivity index (χ1v) is 7.47. The maximum atomic E-state index is 12.3. The van der Waals surface area contributed by atoms with Gasteiger partial charge in [-0.1, -0.05) is 13.8 Å². The highest BCUT2D eigenvalue weighted by atomic mass is 16.2. The van der Waals surface area contributed by atoms with E-state index in [9.17, 15) is 4.79 Å². The molecule has 0 aromatic rings. The van der Waals surface area contributed by atoms with E-state index in [1.807, 2.05) is 0 Å². The molecule has 5 heteroatoms. The number of aliphatic imine (C=N–C) groups is 1. The maximum absolute atomic E-state index is 12.3. The van der Waals surface area contributed by atoms with E-state index < -0.39 is 0 Å². The fraction of sp³-hybridized carbons (Fsp3) is 0.857. The molecule has 106 valence electrons. The number of nitrogens with zero attached hydrogens (tertiary/aromatic N) is 2. The molecule has 3 rings (SSSR count). The van der Waals surface area contributed by atoms with Crippen LogP contribution in [-0.2, 0) is 4.79 Å². The molecule has 0 bridgehead atoms. The summed E-state index contributed by atoms with van der Waals surface area (Å²) in [7, 11) is 0. The second-order valence-electron chi connectivity index (χ2n) is 6.53. The third-order valence-corrected chi connectivity index (χ3v) is 4.55. The van der Waals surface area contributed by atoms with E-state index in [4.69, 9.17) is 0 Å². The van der Waals surface area contributed by atoms with Crippen LogP contribution in [0.25, 0.3) is 0 Å². The predicted molar refractivity (Wildman–Crippen MR) is 75.0 cm³/mol. The van der Waals surface area contributed by atoms with Crippen LogP contribution in [0.3, 0.4) is 0 Å². The Balaban J connectivity index is 1.71. The molecule has 1 amide bonds. The molecule has 2 N–H and O–H groups in total. The Kier molecular flexibility index (Phi) is 3.25. The third kappa shape index (κ3) is 2.36. The van der Waals surface area contributed by atoms with E-state index in [1.54, 1.807) is 0 Å². The summed E-state index contributed by atoms with van der Waals surface area (Å²) in [6.07, 6.45) is 4.33. The van der Waals surface area contributed by atoms with Gasteiger partial charge in [0.2, 0.25) is 0 Å². The summed E-state index contributed by atoms with van der Waals surface area (Å²) in [5.74, 6) is 1.33. The number of hydrogen-bond acceptors (Lipinski definition) is 3. The van der Waals surface area contributed by atoms with Gasteiger partial charge in [0.1, 0.15) is 5.54 Å². The molecule has 3 saturated heterocycles. The highest BCUT2D eigenvalue weighted by Crippen LogP contribution is 2.34. The van der Waals surface area contributed by atoms with Crippen LogP contribution in [-0.4, -0.2) is 48.0 Å². The van der Waals surface area contributed by atoms with E-state index in [-0.39, 0.29) is 11.4 Å². The van der Waals surface area contributed by atoms with Gasteiger partial charge >= 0.3 is 0 Å². The average Bonchev–Trinajstić information content (AvgIpc) is 2.93. The number of hydrogen-bond donors (Lipinski definition) is 2. The normalized spacial score (nSPS) is 36.9. The fourth-order valence-corrected chi connectivity index (χ4v) is 3.47. The second kappa shape index (κ2) is 4.78. The minimum absolute atomic E-state index is 0.126. The molecular formula is C14H24N4O. The summed E-state index contributed by atoms with van der Waals surface area (Å²) in [5, 5.41) is 6.32. The largest absolute Gasteiger partial charge is 0.342 e. The summed E-state index contributed by atoms with van der Waals surface area (Å²) in [5.41, 5.74) is -0.388. The van der Waals surface area contributed by atoms with Gasteiger partial charge < -0.3 is 10.2 Å². The molecule has 3 heterocycles. The third-order valence-electron chi connectivity index (χ3n) is 4.55. The lowest BCUT2D eigenvalue weighted by Gasteiger charge is -2.39. The first-order chi connectivity index (χ1) is 9.09. The summed E-state index contributed by atoms with van der Waals surface area (Å²) in [6.45, 7) is 7.26. The summed E-state index contributed by atoms with van der Waals surface area (Å²) >= 11 is 0. The second-order valence-corrected chi connectivity index (χ2v) is 6.53. The van der Waals surface area contributed by atoms with Crippen molar-refractivity contribution in [2.45, 2.75) is 51.1 Å². The van der Waals surface area contributed by atoms with E-state index in [1.165, 1.54) is 19.4 Å². The topological polar surface area (TPSA) is 56.7 Å². The van der Waals surface area contributed by atoms with Gasteiger partial charge in [-0.15, -0.1) is 0 Å². The quantitative estimate of drug-likeness (QED) is 0.772. The molecule has 5 nitrogen and oxygen atoms in total. The van der Waals surface area contributed by atoms with Crippen LogP contribution in [0.2, 0.25) is 0 Å². The van der Waals surface area contributed by atoms with Gasteiger partial charge in [-0.05, 0) is 38.1 Å². The van der Waals surface area contributed by atoms with Gasteiger partial charge in [0.25, 0.3) is 5.91 Å². The molecular weight excluding hydrogens is 240 g/mol. The number of carbonyl (C=O) groups is 1. The Bertz CT molecular complexity index is 406. The fourth-order valence-electron chi connectivity index (χ4n) is 3.47. The van der Waals surface area contributed by atoms with Crippen molar-refractivity contribution in [2.24, 2.45) is 10.9 Å². The van der Waals surface area contributed by atoms with Crippen molar-refractivity contribution in [3.63, 3.8) is 0 Å². The zero-order valence-corrected chi connectivity index (χ0v) is 11.9. The number of carbonyl (C=O) groups excluding carboxylic acids is 1. The minimum Gasteiger partial charge on any atom is -0.342 e. The molecule has 2 unspecified atom stereocenters. The molecule has 1 spiro atoms. The molecule has 3 fully saturated rings. The molecule has 0 aliphatic carbocycles. The minimum atomic E-state index is -0.388. The standard InChI is InChI=1S/C14H24N4O/c1-10(2)9-15-13-16-12(19)14(17-13)5-7-18-6-3-4-11(18)8-14/h10-11H,3-9H2,1-2H3,(H2,15,16,17,19). The van der Waals surface area contributed by atoms with Gasteiger partial charge in [0.05, 0.1) is 0 Å². The number of guanidine groups is 1. The average molecular weight is 264 g/mol. The highest BCUT2D eigenvalue weighted by molar-refractivity contribution is 6.09. The van der Waals surface area contributed by atoms with Crippen molar-refractivity contribution in [2.75, 3.05) is 19.6 Å². The van der Waals surface area contributed by atoms with E-state index in [0.29, 0.717) is 17.9 Å². The molecule has 0 radical (unpaired) electrons. The first kappa shape index (κ1) is 12.9.